The van der Waals surface area contributed by atoms with E-state index in [2.05, 4.69) is 45.2 Å². The lowest BCUT2D eigenvalue weighted by atomic mass is 10.1. The van der Waals surface area contributed by atoms with Gasteiger partial charge in [-0.3, -0.25) is 4.90 Å². The molecule has 0 aromatic heterocycles. The Morgan fingerprint density at radius 3 is 2.70 bits per heavy atom. The SMILES string of the molecule is CNCc1cc(Br)cc(C)c1OCCN1CCCCC1. The molecule has 1 aliphatic heterocycles. The van der Waals surface area contributed by atoms with Crippen LogP contribution in [-0.2, 0) is 6.54 Å². The first-order valence-corrected chi connectivity index (χ1v) is 8.29. The summed E-state index contributed by atoms with van der Waals surface area (Å²) < 4.78 is 7.19. The van der Waals surface area contributed by atoms with E-state index in [0.717, 1.165) is 29.9 Å². The molecule has 20 heavy (non-hydrogen) atoms. The summed E-state index contributed by atoms with van der Waals surface area (Å²) in [5.74, 6) is 1.04. The molecule has 0 radical (unpaired) electrons. The van der Waals surface area contributed by atoms with E-state index in [0.29, 0.717) is 0 Å². The summed E-state index contributed by atoms with van der Waals surface area (Å²) in [5.41, 5.74) is 2.42. The average Bonchev–Trinajstić information content (AvgIpc) is 2.43. The molecule has 3 nitrogen and oxygen atoms in total. The van der Waals surface area contributed by atoms with Crippen molar-refractivity contribution in [2.45, 2.75) is 32.7 Å². The number of piperidine rings is 1. The van der Waals surface area contributed by atoms with E-state index in [1.807, 2.05) is 7.05 Å². The van der Waals surface area contributed by atoms with E-state index in [1.54, 1.807) is 0 Å². The summed E-state index contributed by atoms with van der Waals surface area (Å²) >= 11 is 3.56. The van der Waals surface area contributed by atoms with E-state index in [9.17, 15) is 0 Å². The Kier molecular flexibility index (Phi) is 6.33. The lowest BCUT2D eigenvalue weighted by molar-refractivity contribution is 0.182. The average molecular weight is 341 g/mol. The monoisotopic (exact) mass is 340 g/mol. The third-order valence-electron chi connectivity index (χ3n) is 3.79. The molecule has 1 heterocycles. The van der Waals surface area contributed by atoms with Crippen molar-refractivity contribution < 1.29 is 4.74 Å². The Hall–Kier alpha value is -0.580. The molecule has 1 fully saturated rings. The quantitative estimate of drug-likeness (QED) is 0.859. The fourth-order valence-electron chi connectivity index (χ4n) is 2.79. The maximum Gasteiger partial charge on any atom is 0.126 e. The van der Waals surface area contributed by atoms with E-state index in [-0.39, 0.29) is 0 Å². The largest absolute Gasteiger partial charge is 0.492 e. The molecule has 112 valence electrons. The minimum absolute atomic E-state index is 0.777. The van der Waals surface area contributed by atoms with Gasteiger partial charge in [-0.1, -0.05) is 22.4 Å². The lowest BCUT2D eigenvalue weighted by Gasteiger charge is -2.26. The molecule has 0 aliphatic carbocycles. The topological polar surface area (TPSA) is 24.5 Å². The number of hydrogen-bond acceptors (Lipinski definition) is 3. The van der Waals surface area contributed by atoms with Crippen molar-refractivity contribution in [1.82, 2.24) is 10.2 Å². The molecule has 0 atom stereocenters. The summed E-state index contributed by atoms with van der Waals surface area (Å²) in [6, 6.07) is 4.26. The smallest absolute Gasteiger partial charge is 0.126 e. The van der Waals surface area contributed by atoms with Crippen LogP contribution in [0, 0.1) is 6.92 Å². The zero-order chi connectivity index (χ0) is 14.4. The molecule has 0 bridgehead atoms. The fraction of sp³-hybridized carbons (Fsp3) is 0.625. The standard InChI is InChI=1S/C16H25BrN2O/c1-13-10-15(17)11-14(12-18-2)16(13)20-9-8-19-6-4-3-5-7-19/h10-11,18H,3-9,12H2,1-2H3. The number of ether oxygens (including phenoxy) is 1. The predicted molar refractivity (Wildman–Crippen MR) is 87.4 cm³/mol. The van der Waals surface area contributed by atoms with Crippen molar-refractivity contribution in [2.75, 3.05) is 33.3 Å². The van der Waals surface area contributed by atoms with Gasteiger partial charge in [0.05, 0.1) is 0 Å². The van der Waals surface area contributed by atoms with Gasteiger partial charge in [-0.05, 0) is 57.6 Å². The number of nitrogens with zero attached hydrogens (tertiary/aromatic N) is 1. The Morgan fingerprint density at radius 1 is 1.25 bits per heavy atom. The number of halogens is 1. The Morgan fingerprint density at radius 2 is 2.00 bits per heavy atom. The number of benzene rings is 1. The summed E-state index contributed by atoms with van der Waals surface area (Å²) in [6.07, 6.45) is 4.06. The molecule has 1 saturated heterocycles. The van der Waals surface area contributed by atoms with Gasteiger partial charge in [0.2, 0.25) is 0 Å². The highest BCUT2D eigenvalue weighted by atomic mass is 79.9. The van der Waals surface area contributed by atoms with Gasteiger partial charge >= 0.3 is 0 Å². The highest BCUT2D eigenvalue weighted by Crippen LogP contribution is 2.28. The first kappa shape index (κ1) is 15.8. The molecule has 1 N–H and O–H groups in total. The third-order valence-corrected chi connectivity index (χ3v) is 4.24. The second-order valence-corrected chi connectivity index (χ2v) is 6.41. The zero-order valence-electron chi connectivity index (χ0n) is 12.5. The van der Waals surface area contributed by atoms with Crippen LogP contribution in [0.25, 0.3) is 0 Å². The van der Waals surface area contributed by atoms with Crippen LogP contribution in [0.15, 0.2) is 16.6 Å². The van der Waals surface area contributed by atoms with Crippen LogP contribution in [0.5, 0.6) is 5.75 Å². The summed E-state index contributed by atoms with van der Waals surface area (Å²) in [4.78, 5) is 2.51. The van der Waals surface area contributed by atoms with Gasteiger partial charge in [0.25, 0.3) is 0 Å². The number of nitrogens with one attached hydrogen (secondary N) is 1. The minimum atomic E-state index is 0.777. The van der Waals surface area contributed by atoms with Gasteiger partial charge in [-0.15, -0.1) is 0 Å². The van der Waals surface area contributed by atoms with Gasteiger partial charge < -0.3 is 10.1 Å². The lowest BCUT2D eigenvalue weighted by Crippen LogP contribution is -2.33. The fourth-order valence-corrected chi connectivity index (χ4v) is 3.41. The van der Waals surface area contributed by atoms with Crippen molar-refractivity contribution in [3.63, 3.8) is 0 Å². The van der Waals surface area contributed by atoms with Gasteiger partial charge in [0, 0.05) is 23.1 Å². The van der Waals surface area contributed by atoms with Crippen LogP contribution in [0.4, 0.5) is 0 Å². The van der Waals surface area contributed by atoms with Crippen LogP contribution in [0.3, 0.4) is 0 Å². The third kappa shape index (κ3) is 4.47. The van der Waals surface area contributed by atoms with Crippen molar-refractivity contribution in [3.8, 4) is 5.75 Å². The van der Waals surface area contributed by atoms with Gasteiger partial charge in [-0.25, -0.2) is 0 Å². The van der Waals surface area contributed by atoms with Gasteiger partial charge in [-0.2, -0.15) is 0 Å². The van der Waals surface area contributed by atoms with Crippen molar-refractivity contribution >= 4 is 15.9 Å². The van der Waals surface area contributed by atoms with Crippen molar-refractivity contribution in [2.24, 2.45) is 0 Å². The van der Waals surface area contributed by atoms with E-state index in [1.165, 1.54) is 43.5 Å². The first-order valence-electron chi connectivity index (χ1n) is 7.49. The molecule has 4 heteroatoms. The maximum absolute atomic E-state index is 6.08. The second kappa shape index (κ2) is 8.01. The van der Waals surface area contributed by atoms with Crippen molar-refractivity contribution in [1.29, 1.82) is 0 Å². The molecule has 1 aliphatic rings. The molecular formula is C16H25BrN2O. The molecule has 1 aromatic rings. The van der Waals surface area contributed by atoms with E-state index < -0.39 is 0 Å². The second-order valence-electron chi connectivity index (χ2n) is 5.49. The number of aryl methyl sites for hydroxylation is 1. The Balaban J connectivity index is 1.93. The van der Waals surface area contributed by atoms with Crippen LogP contribution < -0.4 is 10.1 Å². The number of rotatable bonds is 6. The van der Waals surface area contributed by atoms with Gasteiger partial charge in [0.1, 0.15) is 12.4 Å². The highest BCUT2D eigenvalue weighted by molar-refractivity contribution is 9.10. The molecule has 0 saturated carbocycles. The summed E-state index contributed by atoms with van der Waals surface area (Å²) in [5, 5.41) is 3.21. The summed E-state index contributed by atoms with van der Waals surface area (Å²) in [6.45, 7) is 7.21. The van der Waals surface area contributed by atoms with Crippen molar-refractivity contribution in [3.05, 3.63) is 27.7 Å². The van der Waals surface area contributed by atoms with Gasteiger partial charge in [0.15, 0.2) is 0 Å². The van der Waals surface area contributed by atoms with Crippen LogP contribution in [0.2, 0.25) is 0 Å². The molecule has 0 amide bonds. The molecule has 2 rings (SSSR count). The van der Waals surface area contributed by atoms with E-state index in [4.69, 9.17) is 4.74 Å². The Labute approximate surface area is 130 Å². The normalized spacial score (nSPS) is 16.4. The molecular weight excluding hydrogens is 316 g/mol. The Bertz CT molecular complexity index is 431. The first-order chi connectivity index (χ1) is 9.70. The predicted octanol–water partition coefficient (Wildman–Crippen LogP) is 3.34. The van der Waals surface area contributed by atoms with Crippen LogP contribution in [-0.4, -0.2) is 38.2 Å². The van der Waals surface area contributed by atoms with Crippen LogP contribution >= 0.6 is 15.9 Å². The molecule has 1 aromatic carbocycles. The molecule has 0 unspecified atom stereocenters. The summed E-state index contributed by atoms with van der Waals surface area (Å²) in [7, 11) is 1.97. The number of likely N-dealkylation sites (tertiary alicyclic amines) is 1. The zero-order valence-corrected chi connectivity index (χ0v) is 14.1. The molecule has 0 spiro atoms. The highest BCUT2D eigenvalue weighted by Gasteiger charge is 2.12. The number of hydrogen-bond donors (Lipinski definition) is 1. The maximum atomic E-state index is 6.08. The van der Waals surface area contributed by atoms with Crippen LogP contribution in [0.1, 0.15) is 30.4 Å². The minimum Gasteiger partial charge on any atom is -0.492 e. The van der Waals surface area contributed by atoms with E-state index >= 15 is 0 Å².